The molecule has 0 amide bonds. The van der Waals surface area contributed by atoms with Crippen molar-refractivity contribution in [1.82, 2.24) is 0 Å². The first-order valence-corrected chi connectivity index (χ1v) is 7.69. The Labute approximate surface area is 121 Å². The Kier molecular flexibility index (Phi) is 15.6. The van der Waals surface area contributed by atoms with Crippen molar-refractivity contribution < 1.29 is 22.3 Å². The fraction of sp³-hybridized carbons (Fsp3) is 1.00. The Morgan fingerprint density at radius 1 is 0.722 bits per heavy atom. The maximum atomic E-state index is 9.78. The second kappa shape index (κ2) is 13.6. The van der Waals surface area contributed by atoms with E-state index in [-0.39, 0.29) is 17.1 Å². The average Bonchev–Trinajstić information content (AvgIpc) is 2.31. The summed E-state index contributed by atoms with van der Waals surface area (Å²) in [5.41, 5.74) is 0. The molecule has 0 saturated heterocycles. The van der Waals surface area contributed by atoms with Crippen LogP contribution in [0.5, 0.6) is 0 Å². The third kappa shape index (κ3) is 14.3. The number of hydroxylamine groups is 3. The smallest absolute Gasteiger partial charge is 0.108 e. The zero-order chi connectivity index (χ0) is 13.0. The number of rotatable bonds is 12. The molecule has 1 N–H and O–H groups in total. The lowest BCUT2D eigenvalue weighted by Gasteiger charge is -2.23. The Morgan fingerprint density at radius 2 is 1.11 bits per heavy atom. The lowest BCUT2D eigenvalue weighted by Crippen LogP contribution is -3.00. The van der Waals surface area contributed by atoms with Crippen molar-refractivity contribution in [2.45, 2.75) is 78.1 Å². The minimum Gasteiger partial charge on any atom is -1.00 e. The second-order valence-corrected chi connectivity index (χ2v) is 5.56. The third-order valence-electron chi connectivity index (χ3n) is 3.67. The van der Waals surface area contributed by atoms with Crippen LogP contribution in [0.25, 0.3) is 0 Å². The van der Waals surface area contributed by atoms with Gasteiger partial charge < -0.3 is 12.4 Å². The first kappa shape index (κ1) is 20.5. The van der Waals surface area contributed by atoms with Gasteiger partial charge in [-0.1, -0.05) is 58.3 Å². The summed E-state index contributed by atoms with van der Waals surface area (Å²) in [7, 11) is 1.90. The van der Waals surface area contributed by atoms with Gasteiger partial charge in [-0.15, -0.1) is 0 Å². The zero-order valence-corrected chi connectivity index (χ0v) is 13.5. The molecule has 1 unspecified atom stereocenters. The molecule has 1 atom stereocenters. The molecule has 0 radical (unpaired) electrons. The van der Waals surface area contributed by atoms with E-state index in [0.29, 0.717) is 0 Å². The van der Waals surface area contributed by atoms with Gasteiger partial charge in [0, 0.05) is 0 Å². The van der Waals surface area contributed by atoms with Gasteiger partial charge in [-0.25, -0.2) is 5.21 Å². The highest BCUT2D eigenvalue weighted by Gasteiger charge is 2.13. The molecule has 0 aromatic heterocycles. The molecule has 0 aromatic rings. The number of nitrogens with zero attached hydrogens (tertiary/aromatic N) is 1. The molecule has 3 heteroatoms. The first-order valence-electron chi connectivity index (χ1n) is 7.69. The second-order valence-electron chi connectivity index (χ2n) is 5.56. The topological polar surface area (TPSA) is 20.2 Å². The predicted molar refractivity (Wildman–Crippen MR) is 75.2 cm³/mol. The number of quaternary nitrogens is 1. The molecule has 112 valence electrons. The minimum absolute atomic E-state index is 0. The molecule has 0 aliphatic rings. The summed E-state index contributed by atoms with van der Waals surface area (Å²) < 4.78 is 0.191. The van der Waals surface area contributed by atoms with E-state index in [4.69, 9.17) is 0 Å². The van der Waals surface area contributed by atoms with Crippen LogP contribution in [0.2, 0.25) is 0 Å². The quantitative estimate of drug-likeness (QED) is 0.328. The van der Waals surface area contributed by atoms with E-state index in [1.165, 1.54) is 57.8 Å². The molecule has 0 heterocycles. The number of halogens is 1. The van der Waals surface area contributed by atoms with Gasteiger partial charge in [0.2, 0.25) is 0 Å². The van der Waals surface area contributed by atoms with Gasteiger partial charge in [0.1, 0.15) is 13.1 Å². The molecule has 0 spiro atoms. The summed E-state index contributed by atoms with van der Waals surface area (Å²) in [6.07, 6.45) is 13.6. The van der Waals surface area contributed by atoms with Crippen LogP contribution in [0.15, 0.2) is 0 Å². The number of hydrogen-bond donors (Lipinski definition) is 1. The van der Waals surface area contributed by atoms with Crippen LogP contribution in [0.4, 0.5) is 0 Å². The highest BCUT2D eigenvalue weighted by molar-refractivity contribution is 4.47. The Bertz CT molecular complexity index is 163. The monoisotopic (exact) mass is 279 g/mol. The molecule has 0 fully saturated rings. The van der Waals surface area contributed by atoms with Crippen LogP contribution in [0.3, 0.4) is 0 Å². The van der Waals surface area contributed by atoms with Crippen molar-refractivity contribution in [2.24, 2.45) is 0 Å². The SMILES string of the molecule is CCCCCCCCCCCC[N+](C)(O)CC.[Cl-]. The Hall–Kier alpha value is 0.210. The lowest BCUT2D eigenvalue weighted by atomic mass is 10.1. The number of unbranched alkanes of at least 4 members (excludes halogenated alkanes) is 9. The van der Waals surface area contributed by atoms with Crippen molar-refractivity contribution in [3.05, 3.63) is 0 Å². The van der Waals surface area contributed by atoms with E-state index < -0.39 is 0 Å². The van der Waals surface area contributed by atoms with Gasteiger partial charge in [-0.05, 0) is 19.8 Å². The van der Waals surface area contributed by atoms with E-state index in [2.05, 4.69) is 6.92 Å². The van der Waals surface area contributed by atoms with Crippen LogP contribution in [-0.2, 0) is 0 Å². The maximum Gasteiger partial charge on any atom is 0.108 e. The van der Waals surface area contributed by atoms with Crippen molar-refractivity contribution >= 4 is 0 Å². The summed E-state index contributed by atoms with van der Waals surface area (Å²) >= 11 is 0. The predicted octanol–water partition coefficient (Wildman–Crippen LogP) is 1.77. The van der Waals surface area contributed by atoms with E-state index >= 15 is 0 Å². The maximum absolute atomic E-state index is 9.78. The number of hydrogen-bond acceptors (Lipinski definition) is 1. The highest BCUT2D eigenvalue weighted by Crippen LogP contribution is 2.11. The van der Waals surface area contributed by atoms with Crippen LogP contribution < -0.4 is 12.4 Å². The van der Waals surface area contributed by atoms with Gasteiger partial charge >= 0.3 is 0 Å². The minimum atomic E-state index is 0. The van der Waals surface area contributed by atoms with Gasteiger partial charge in [0.05, 0.1) is 7.05 Å². The molecule has 0 aliphatic carbocycles. The molecule has 0 rings (SSSR count). The van der Waals surface area contributed by atoms with E-state index in [0.717, 1.165) is 19.5 Å². The van der Waals surface area contributed by atoms with Crippen LogP contribution >= 0.6 is 0 Å². The fourth-order valence-electron chi connectivity index (χ4n) is 2.10. The summed E-state index contributed by atoms with van der Waals surface area (Å²) in [6.45, 7) is 6.03. The van der Waals surface area contributed by atoms with E-state index in [1.807, 2.05) is 14.0 Å². The molecular formula is C15H34ClNO. The van der Waals surface area contributed by atoms with E-state index in [1.54, 1.807) is 0 Å². The molecule has 0 aliphatic heterocycles. The first-order chi connectivity index (χ1) is 8.12. The van der Waals surface area contributed by atoms with Crippen molar-refractivity contribution in [2.75, 3.05) is 20.1 Å². The van der Waals surface area contributed by atoms with Gasteiger partial charge in [0.15, 0.2) is 0 Å². The standard InChI is InChI=1S/C15H34NO.ClH/c1-4-6-7-8-9-10-11-12-13-14-15-16(3,17)5-2;/h17H,4-15H2,1-3H3;1H/q+1;/p-1. The van der Waals surface area contributed by atoms with Crippen molar-refractivity contribution in [3.8, 4) is 0 Å². The van der Waals surface area contributed by atoms with Crippen LogP contribution in [0.1, 0.15) is 78.1 Å². The fourth-order valence-corrected chi connectivity index (χ4v) is 2.10. The largest absolute Gasteiger partial charge is 1.00 e. The zero-order valence-electron chi connectivity index (χ0n) is 12.8. The highest BCUT2D eigenvalue weighted by atomic mass is 35.5. The van der Waals surface area contributed by atoms with Crippen molar-refractivity contribution in [3.63, 3.8) is 0 Å². The molecular weight excluding hydrogens is 246 g/mol. The van der Waals surface area contributed by atoms with E-state index in [9.17, 15) is 5.21 Å². The molecule has 2 nitrogen and oxygen atoms in total. The average molecular weight is 280 g/mol. The summed E-state index contributed by atoms with van der Waals surface area (Å²) in [4.78, 5) is 0. The normalized spacial score (nSPS) is 14.0. The van der Waals surface area contributed by atoms with Gasteiger partial charge in [-0.2, -0.15) is 4.65 Å². The van der Waals surface area contributed by atoms with Crippen molar-refractivity contribution in [1.29, 1.82) is 0 Å². The molecule has 0 bridgehead atoms. The summed E-state index contributed by atoms with van der Waals surface area (Å²) in [5, 5.41) is 9.78. The molecule has 0 saturated carbocycles. The Morgan fingerprint density at radius 3 is 1.50 bits per heavy atom. The van der Waals surface area contributed by atoms with Gasteiger partial charge in [-0.3, -0.25) is 0 Å². The molecule has 0 aromatic carbocycles. The van der Waals surface area contributed by atoms with Crippen LogP contribution in [-0.4, -0.2) is 30.0 Å². The summed E-state index contributed by atoms with van der Waals surface area (Å²) in [5.74, 6) is 0. The molecule has 18 heavy (non-hydrogen) atoms. The third-order valence-corrected chi connectivity index (χ3v) is 3.67. The lowest BCUT2D eigenvalue weighted by molar-refractivity contribution is -1.09. The van der Waals surface area contributed by atoms with Gasteiger partial charge in [0.25, 0.3) is 0 Å². The Balaban J connectivity index is 0. The summed E-state index contributed by atoms with van der Waals surface area (Å²) in [6, 6.07) is 0. The van der Waals surface area contributed by atoms with Crippen LogP contribution in [0, 0.1) is 0 Å².